The van der Waals surface area contributed by atoms with E-state index in [1.807, 2.05) is 16.7 Å². The fourth-order valence-electron chi connectivity index (χ4n) is 2.39. The summed E-state index contributed by atoms with van der Waals surface area (Å²) in [6, 6.07) is 0.388. The van der Waals surface area contributed by atoms with Crippen molar-refractivity contribution in [3.05, 3.63) is 0 Å². The standard InChI is InChI=1S/C13H26N2OS/c1-10(2)6-12(8-14)7-13(16)15-4-5-17-9-11(15)3/h10-12H,4-9,14H2,1-3H3/t11?,12-/m0/s1. The van der Waals surface area contributed by atoms with E-state index in [9.17, 15) is 4.79 Å². The number of hydrogen-bond donors (Lipinski definition) is 1. The smallest absolute Gasteiger partial charge is 0.223 e. The minimum atomic E-state index is 0.300. The van der Waals surface area contributed by atoms with Gasteiger partial charge in [0, 0.05) is 30.5 Å². The van der Waals surface area contributed by atoms with Gasteiger partial charge in [0.25, 0.3) is 0 Å². The topological polar surface area (TPSA) is 46.3 Å². The monoisotopic (exact) mass is 258 g/mol. The quantitative estimate of drug-likeness (QED) is 0.820. The molecule has 0 spiro atoms. The summed E-state index contributed by atoms with van der Waals surface area (Å²) in [6.45, 7) is 8.05. The molecule has 0 radical (unpaired) electrons. The summed E-state index contributed by atoms with van der Waals surface area (Å²) in [5.74, 6) is 3.42. The summed E-state index contributed by atoms with van der Waals surface area (Å²) >= 11 is 1.94. The van der Waals surface area contributed by atoms with Crippen LogP contribution < -0.4 is 5.73 Å². The van der Waals surface area contributed by atoms with Gasteiger partial charge in [0.05, 0.1) is 0 Å². The Morgan fingerprint density at radius 2 is 2.24 bits per heavy atom. The van der Waals surface area contributed by atoms with Gasteiger partial charge in [-0.1, -0.05) is 13.8 Å². The third-order valence-electron chi connectivity index (χ3n) is 3.29. The summed E-state index contributed by atoms with van der Waals surface area (Å²) in [5.41, 5.74) is 5.76. The third-order valence-corrected chi connectivity index (χ3v) is 4.48. The van der Waals surface area contributed by atoms with Crippen LogP contribution in [0, 0.1) is 11.8 Å². The molecule has 2 atom stereocenters. The number of nitrogens with zero attached hydrogens (tertiary/aromatic N) is 1. The lowest BCUT2D eigenvalue weighted by Crippen LogP contribution is -2.45. The minimum absolute atomic E-state index is 0.300. The highest BCUT2D eigenvalue weighted by atomic mass is 32.2. The molecule has 1 aliphatic heterocycles. The zero-order chi connectivity index (χ0) is 12.8. The Hall–Kier alpha value is -0.220. The predicted molar refractivity (Wildman–Crippen MR) is 75.1 cm³/mol. The Bertz CT molecular complexity index is 246. The highest BCUT2D eigenvalue weighted by Crippen LogP contribution is 2.20. The SMILES string of the molecule is CC(C)C[C@H](CN)CC(=O)N1CCSCC1C. The van der Waals surface area contributed by atoms with Crippen molar-refractivity contribution in [1.82, 2.24) is 4.90 Å². The Labute approximate surface area is 109 Å². The number of carbonyl (C=O) groups excluding carboxylic acids is 1. The van der Waals surface area contributed by atoms with Crippen molar-refractivity contribution in [2.75, 3.05) is 24.6 Å². The van der Waals surface area contributed by atoms with Crippen LogP contribution in [0.4, 0.5) is 0 Å². The normalized spacial score (nSPS) is 22.9. The molecule has 1 heterocycles. The van der Waals surface area contributed by atoms with Gasteiger partial charge in [-0.05, 0) is 31.7 Å². The molecule has 1 unspecified atom stereocenters. The molecule has 0 aromatic rings. The molecule has 1 fully saturated rings. The maximum Gasteiger partial charge on any atom is 0.223 e. The molecule has 0 aromatic carbocycles. The lowest BCUT2D eigenvalue weighted by molar-refractivity contribution is -0.133. The van der Waals surface area contributed by atoms with E-state index in [0.717, 1.165) is 24.5 Å². The first-order chi connectivity index (χ1) is 8.04. The summed E-state index contributed by atoms with van der Waals surface area (Å²) in [4.78, 5) is 14.3. The van der Waals surface area contributed by atoms with Gasteiger partial charge >= 0.3 is 0 Å². The molecule has 0 aromatic heterocycles. The van der Waals surface area contributed by atoms with Gasteiger partial charge in [-0.25, -0.2) is 0 Å². The average molecular weight is 258 g/mol. The van der Waals surface area contributed by atoms with Crippen molar-refractivity contribution in [3.8, 4) is 0 Å². The summed E-state index contributed by atoms with van der Waals surface area (Å²) < 4.78 is 0. The van der Waals surface area contributed by atoms with Crippen LogP contribution in [0.1, 0.15) is 33.6 Å². The zero-order valence-electron chi connectivity index (χ0n) is 11.3. The number of carbonyl (C=O) groups is 1. The molecular formula is C13H26N2OS. The van der Waals surface area contributed by atoms with Crippen molar-refractivity contribution in [2.45, 2.75) is 39.7 Å². The van der Waals surface area contributed by atoms with Gasteiger partial charge in [-0.3, -0.25) is 4.79 Å². The van der Waals surface area contributed by atoms with Gasteiger partial charge in [0.1, 0.15) is 0 Å². The largest absolute Gasteiger partial charge is 0.338 e. The molecule has 0 aliphatic carbocycles. The van der Waals surface area contributed by atoms with Crippen LogP contribution in [0.5, 0.6) is 0 Å². The average Bonchev–Trinajstić information content (AvgIpc) is 2.27. The Kier molecular flexibility index (Phi) is 6.34. The molecule has 1 saturated heterocycles. The van der Waals surface area contributed by atoms with E-state index in [1.54, 1.807) is 0 Å². The fraction of sp³-hybridized carbons (Fsp3) is 0.923. The van der Waals surface area contributed by atoms with E-state index in [2.05, 4.69) is 20.8 Å². The molecule has 3 nitrogen and oxygen atoms in total. The molecule has 2 N–H and O–H groups in total. The van der Waals surface area contributed by atoms with Gasteiger partial charge in [0.15, 0.2) is 0 Å². The first kappa shape index (κ1) is 14.8. The van der Waals surface area contributed by atoms with E-state index >= 15 is 0 Å². The van der Waals surface area contributed by atoms with Crippen LogP contribution in [0.2, 0.25) is 0 Å². The first-order valence-corrected chi connectivity index (χ1v) is 7.77. The Morgan fingerprint density at radius 1 is 1.53 bits per heavy atom. The molecule has 1 rings (SSSR count). The van der Waals surface area contributed by atoms with E-state index in [0.29, 0.717) is 36.8 Å². The second-order valence-corrected chi connectivity index (χ2v) is 6.60. The fourth-order valence-corrected chi connectivity index (χ4v) is 3.40. The molecule has 0 saturated carbocycles. The van der Waals surface area contributed by atoms with Gasteiger partial charge in [-0.15, -0.1) is 0 Å². The molecule has 4 heteroatoms. The van der Waals surface area contributed by atoms with E-state index in [-0.39, 0.29) is 0 Å². The molecule has 1 amide bonds. The van der Waals surface area contributed by atoms with Crippen LogP contribution in [0.3, 0.4) is 0 Å². The van der Waals surface area contributed by atoms with Crippen molar-refractivity contribution in [2.24, 2.45) is 17.6 Å². The summed E-state index contributed by atoms with van der Waals surface area (Å²) in [5, 5.41) is 0. The first-order valence-electron chi connectivity index (χ1n) is 6.61. The number of nitrogens with two attached hydrogens (primary N) is 1. The number of rotatable bonds is 5. The van der Waals surface area contributed by atoms with Crippen LogP contribution in [0.25, 0.3) is 0 Å². The zero-order valence-corrected chi connectivity index (χ0v) is 12.1. The Balaban J connectivity index is 2.45. The number of amides is 1. The van der Waals surface area contributed by atoms with Crippen molar-refractivity contribution >= 4 is 17.7 Å². The maximum atomic E-state index is 12.2. The van der Waals surface area contributed by atoms with Gasteiger partial charge in [-0.2, -0.15) is 11.8 Å². The van der Waals surface area contributed by atoms with Crippen molar-refractivity contribution in [1.29, 1.82) is 0 Å². The van der Waals surface area contributed by atoms with Crippen LogP contribution in [-0.4, -0.2) is 41.4 Å². The van der Waals surface area contributed by atoms with Crippen LogP contribution >= 0.6 is 11.8 Å². The second-order valence-electron chi connectivity index (χ2n) is 5.45. The van der Waals surface area contributed by atoms with Crippen LogP contribution in [-0.2, 0) is 4.79 Å². The Morgan fingerprint density at radius 3 is 2.76 bits per heavy atom. The number of thioether (sulfide) groups is 1. The predicted octanol–water partition coefficient (Wildman–Crippen LogP) is 1.96. The molecule has 1 aliphatic rings. The molecule has 0 bridgehead atoms. The minimum Gasteiger partial charge on any atom is -0.338 e. The van der Waals surface area contributed by atoms with E-state index in [4.69, 9.17) is 5.73 Å². The highest BCUT2D eigenvalue weighted by molar-refractivity contribution is 7.99. The van der Waals surface area contributed by atoms with E-state index < -0.39 is 0 Å². The molecule has 100 valence electrons. The molecular weight excluding hydrogens is 232 g/mol. The van der Waals surface area contributed by atoms with E-state index in [1.165, 1.54) is 0 Å². The summed E-state index contributed by atoms with van der Waals surface area (Å²) in [6.07, 6.45) is 1.68. The highest BCUT2D eigenvalue weighted by Gasteiger charge is 2.25. The van der Waals surface area contributed by atoms with Crippen molar-refractivity contribution < 1.29 is 4.79 Å². The maximum absolute atomic E-state index is 12.2. The summed E-state index contributed by atoms with van der Waals surface area (Å²) in [7, 11) is 0. The lowest BCUT2D eigenvalue weighted by atomic mass is 9.93. The van der Waals surface area contributed by atoms with Gasteiger partial charge < -0.3 is 10.6 Å². The van der Waals surface area contributed by atoms with Gasteiger partial charge in [0.2, 0.25) is 5.91 Å². The number of hydrogen-bond acceptors (Lipinski definition) is 3. The second kappa shape index (κ2) is 7.27. The van der Waals surface area contributed by atoms with Crippen molar-refractivity contribution in [3.63, 3.8) is 0 Å². The lowest BCUT2D eigenvalue weighted by Gasteiger charge is -2.34. The van der Waals surface area contributed by atoms with Crippen LogP contribution in [0.15, 0.2) is 0 Å². The third kappa shape index (κ3) is 4.88. The molecule has 17 heavy (non-hydrogen) atoms.